The Labute approximate surface area is 125 Å². The van der Waals surface area contributed by atoms with E-state index in [4.69, 9.17) is 9.47 Å². The minimum absolute atomic E-state index is 0.221. The van der Waals surface area contributed by atoms with Crippen LogP contribution in [0.2, 0.25) is 0 Å². The second-order valence-corrected chi connectivity index (χ2v) is 6.36. The topological polar surface area (TPSA) is 18.5 Å². The van der Waals surface area contributed by atoms with Gasteiger partial charge >= 0.3 is 0 Å². The van der Waals surface area contributed by atoms with Crippen LogP contribution in [0.3, 0.4) is 0 Å². The van der Waals surface area contributed by atoms with E-state index in [1.807, 2.05) is 12.1 Å². The van der Waals surface area contributed by atoms with E-state index in [0.29, 0.717) is 0 Å². The van der Waals surface area contributed by atoms with Crippen molar-refractivity contribution in [3.8, 4) is 5.75 Å². The van der Waals surface area contributed by atoms with Crippen molar-refractivity contribution in [1.29, 1.82) is 0 Å². The van der Waals surface area contributed by atoms with Gasteiger partial charge in [-0.1, -0.05) is 31.9 Å². The Kier molecular flexibility index (Phi) is 5.10. The summed E-state index contributed by atoms with van der Waals surface area (Å²) in [4.78, 5) is 0. The molecule has 0 bridgehead atoms. The lowest BCUT2D eigenvalue weighted by Crippen LogP contribution is -2.36. The first-order valence-electron chi connectivity index (χ1n) is 6.18. The smallest absolute Gasteiger partial charge is 0.119 e. The molecule has 0 saturated carbocycles. The average molecular weight is 378 g/mol. The van der Waals surface area contributed by atoms with Gasteiger partial charge in [-0.2, -0.15) is 0 Å². The van der Waals surface area contributed by atoms with Gasteiger partial charge in [-0.25, -0.2) is 0 Å². The molecule has 1 aromatic rings. The molecular formula is C14H18Br2O2. The van der Waals surface area contributed by atoms with Crippen LogP contribution in [-0.4, -0.2) is 25.2 Å². The highest BCUT2D eigenvalue weighted by Gasteiger charge is 2.32. The Balaban J connectivity index is 1.98. The quantitative estimate of drug-likeness (QED) is 0.727. The second kappa shape index (κ2) is 6.40. The number of hydrogen-bond acceptors (Lipinski definition) is 2. The third-order valence-corrected chi connectivity index (χ3v) is 5.59. The third kappa shape index (κ3) is 3.49. The summed E-state index contributed by atoms with van der Waals surface area (Å²) in [6.07, 6.45) is 2.13. The van der Waals surface area contributed by atoms with Crippen molar-refractivity contribution in [2.24, 2.45) is 5.41 Å². The molecule has 1 fully saturated rings. The SMILES string of the molecule is Cc1cc(OCC2(CBr)CCOCC2)ccc1Br. The minimum Gasteiger partial charge on any atom is -0.493 e. The first kappa shape index (κ1) is 14.4. The van der Waals surface area contributed by atoms with Crippen molar-refractivity contribution < 1.29 is 9.47 Å². The number of benzene rings is 1. The number of aryl methyl sites for hydroxylation is 1. The molecule has 1 aliphatic heterocycles. The van der Waals surface area contributed by atoms with Gasteiger partial charge in [0.1, 0.15) is 5.75 Å². The maximum absolute atomic E-state index is 5.97. The molecule has 100 valence electrons. The molecule has 0 atom stereocenters. The molecular weight excluding hydrogens is 360 g/mol. The van der Waals surface area contributed by atoms with Gasteiger partial charge in [-0.05, 0) is 43.5 Å². The molecule has 2 rings (SSSR count). The molecule has 2 nitrogen and oxygen atoms in total. The van der Waals surface area contributed by atoms with E-state index in [0.717, 1.165) is 48.2 Å². The van der Waals surface area contributed by atoms with E-state index in [1.54, 1.807) is 0 Å². The summed E-state index contributed by atoms with van der Waals surface area (Å²) in [7, 11) is 0. The minimum atomic E-state index is 0.221. The van der Waals surface area contributed by atoms with Crippen molar-refractivity contribution in [3.63, 3.8) is 0 Å². The summed E-state index contributed by atoms with van der Waals surface area (Å²) in [6.45, 7) is 4.51. The van der Waals surface area contributed by atoms with Crippen LogP contribution in [0.4, 0.5) is 0 Å². The molecule has 0 amide bonds. The Bertz CT molecular complexity index is 401. The predicted molar refractivity (Wildman–Crippen MR) is 80.7 cm³/mol. The van der Waals surface area contributed by atoms with Gasteiger partial charge in [0.25, 0.3) is 0 Å². The van der Waals surface area contributed by atoms with E-state index in [2.05, 4.69) is 44.8 Å². The normalized spacial score (nSPS) is 18.6. The summed E-state index contributed by atoms with van der Waals surface area (Å²) in [5.41, 5.74) is 1.42. The van der Waals surface area contributed by atoms with Crippen LogP contribution in [-0.2, 0) is 4.74 Å². The second-order valence-electron chi connectivity index (χ2n) is 4.95. The fourth-order valence-corrected chi connectivity index (χ4v) is 3.03. The Morgan fingerprint density at radius 1 is 1.33 bits per heavy atom. The Morgan fingerprint density at radius 2 is 2.06 bits per heavy atom. The molecule has 0 spiro atoms. The summed E-state index contributed by atoms with van der Waals surface area (Å²) in [6, 6.07) is 6.12. The van der Waals surface area contributed by atoms with Crippen LogP contribution in [0, 0.1) is 12.3 Å². The zero-order valence-corrected chi connectivity index (χ0v) is 13.7. The van der Waals surface area contributed by atoms with Gasteiger partial charge in [0.05, 0.1) is 6.61 Å². The number of rotatable bonds is 4. The largest absolute Gasteiger partial charge is 0.493 e. The fourth-order valence-electron chi connectivity index (χ4n) is 2.06. The van der Waals surface area contributed by atoms with E-state index >= 15 is 0 Å². The Hall–Kier alpha value is -0.0600. The van der Waals surface area contributed by atoms with Gasteiger partial charge in [-0.3, -0.25) is 0 Å². The molecule has 0 radical (unpaired) electrons. The first-order chi connectivity index (χ1) is 8.65. The number of ether oxygens (including phenoxy) is 2. The van der Waals surface area contributed by atoms with Crippen molar-refractivity contribution in [3.05, 3.63) is 28.2 Å². The van der Waals surface area contributed by atoms with Crippen molar-refractivity contribution >= 4 is 31.9 Å². The average Bonchev–Trinajstić information content (AvgIpc) is 2.41. The molecule has 1 saturated heterocycles. The van der Waals surface area contributed by atoms with E-state index < -0.39 is 0 Å². The lowest BCUT2D eigenvalue weighted by Gasteiger charge is -2.35. The summed E-state index contributed by atoms with van der Waals surface area (Å²) < 4.78 is 12.5. The summed E-state index contributed by atoms with van der Waals surface area (Å²) in [5, 5.41) is 0.971. The van der Waals surface area contributed by atoms with Gasteiger partial charge in [0, 0.05) is 28.4 Å². The van der Waals surface area contributed by atoms with Gasteiger partial charge in [-0.15, -0.1) is 0 Å². The van der Waals surface area contributed by atoms with E-state index in [1.165, 1.54) is 5.56 Å². The molecule has 0 N–H and O–H groups in total. The third-order valence-electron chi connectivity index (χ3n) is 3.51. The van der Waals surface area contributed by atoms with Crippen LogP contribution < -0.4 is 4.74 Å². The van der Waals surface area contributed by atoms with Crippen molar-refractivity contribution in [1.82, 2.24) is 0 Å². The summed E-state index contributed by atoms with van der Waals surface area (Å²) in [5.74, 6) is 0.947. The predicted octanol–water partition coefficient (Wildman–Crippen LogP) is 4.33. The highest BCUT2D eigenvalue weighted by Crippen LogP contribution is 2.33. The molecule has 1 heterocycles. The highest BCUT2D eigenvalue weighted by atomic mass is 79.9. The van der Waals surface area contributed by atoms with Crippen molar-refractivity contribution in [2.45, 2.75) is 19.8 Å². The lowest BCUT2D eigenvalue weighted by molar-refractivity contribution is 0.00353. The standard InChI is InChI=1S/C14H18Br2O2/c1-11-8-12(2-3-13(11)16)18-10-14(9-15)4-6-17-7-5-14/h2-3,8H,4-7,9-10H2,1H3. The van der Waals surface area contributed by atoms with Crippen molar-refractivity contribution in [2.75, 3.05) is 25.2 Å². The molecule has 0 aromatic heterocycles. The summed E-state index contributed by atoms with van der Waals surface area (Å²) >= 11 is 7.13. The number of hydrogen-bond donors (Lipinski definition) is 0. The number of alkyl halides is 1. The van der Waals surface area contributed by atoms with Crippen LogP contribution >= 0.6 is 31.9 Å². The van der Waals surface area contributed by atoms with Crippen LogP contribution in [0.25, 0.3) is 0 Å². The zero-order chi connectivity index (χ0) is 13.0. The zero-order valence-electron chi connectivity index (χ0n) is 10.5. The first-order valence-corrected chi connectivity index (χ1v) is 8.09. The monoisotopic (exact) mass is 376 g/mol. The van der Waals surface area contributed by atoms with E-state index in [9.17, 15) is 0 Å². The molecule has 0 aliphatic carbocycles. The maximum Gasteiger partial charge on any atom is 0.119 e. The van der Waals surface area contributed by atoms with Crippen LogP contribution in [0.15, 0.2) is 22.7 Å². The van der Waals surface area contributed by atoms with E-state index in [-0.39, 0.29) is 5.41 Å². The molecule has 18 heavy (non-hydrogen) atoms. The van der Waals surface area contributed by atoms with Crippen LogP contribution in [0.5, 0.6) is 5.75 Å². The number of halogens is 2. The molecule has 1 aromatic carbocycles. The lowest BCUT2D eigenvalue weighted by atomic mass is 9.83. The molecule has 0 unspecified atom stereocenters. The Morgan fingerprint density at radius 3 is 2.67 bits per heavy atom. The molecule has 4 heteroatoms. The fraction of sp³-hybridized carbons (Fsp3) is 0.571. The highest BCUT2D eigenvalue weighted by molar-refractivity contribution is 9.10. The molecule has 1 aliphatic rings. The maximum atomic E-state index is 5.97. The van der Waals surface area contributed by atoms with Gasteiger partial charge < -0.3 is 9.47 Å². The van der Waals surface area contributed by atoms with Crippen LogP contribution in [0.1, 0.15) is 18.4 Å². The van der Waals surface area contributed by atoms with Gasteiger partial charge in [0.2, 0.25) is 0 Å². The van der Waals surface area contributed by atoms with Gasteiger partial charge in [0.15, 0.2) is 0 Å².